The van der Waals surface area contributed by atoms with Crippen molar-refractivity contribution in [3.63, 3.8) is 0 Å². The lowest BCUT2D eigenvalue weighted by Crippen LogP contribution is -2.01. The maximum absolute atomic E-state index is 5.73. The van der Waals surface area contributed by atoms with E-state index in [0.717, 1.165) is 27.8 Å². The van der Waals surface area contributed by atoms with Gasteiger partial charge in [0.25, 0.3) is 0 Å². The summed E-state index contributed by atoms with van der Waals surface area (Å²) in [7, 11) is 1.64. The first-order chi connectivity index (χ1) is 9.29. The van der Waals surface area contributed by atoms with Crippen molar-refractivity contribution in [1.82, 2.24) is 0 Å². The zero-order valence-corrected chi connectivity index (χ0v) is 11.7. The summed E-state index contributed by atoms with van der Waals surface area (Å²) >= 11 is 1.72. The SMILES string of the molecule is COc1ccccc1OCCSc1cccc(N)c1. The lowest BCUT2D eigenvalue weighted by Gasteiger charge is -2.10. The molecule has 2 rings (SSSR count). The molecule has 0 aromatic heterocycles. The van der Waals surface area contributed by atoms with E-state index in [9.17, 15) is 0 Å². The summed E-state index contributed by atoms with van der Waals surface area (Å²) in [6.45, 7) is 0.625. The van der Waals surface area contributed by atoms with Gasteiger partial charge in [0.1, 0.15) is 0 Å². The van der Waals surface area contributed by atoms with Crippen LogP contribution in [0.2, 0.25) is 0 Å². The fourth-order valence-electron chi connectivity index (χ4n) is 1.65. The number of benzene rings is 2. The van der Waals surface area contributed by atoms with E-state index in [1.54, 1.807) is 18.9 Å². The third-order valence-corrected chi connectivity index (χ3v) is 3.49. The molecule has 0 atom stereocenters. The largest absolute Gasteiger partial charge is 0.493 e. The Morgan fingerprint density at radius 2 is 1.84 bits per heavy atom. The molecule has 0 heterocycles. The predicted octanol–water partition coefficient (Wildman–Crippen LogP) is 3.45. The Bertz CT molecular complexity index is 531. The highest BCUT2D eigenvalue weighted by Crippen LogP contribution is 2.26. The van der Waals surface area contributed by atoms with Gasteiger partial charge in [-0.15, -0.1) is 11.8 Å². The van der Waals surface area contributed by atoms with Gasteiger partial charge in [-0.2, -0.15) is 0 Å². The highest BCUT2D eigenvalue weighted by molar-refractivity contribution is 7.99. The van der Waals surface area contributed by atoms with Gasteiger partial charge in [0.15, 0.2) is 11.5 Å². The zero-order valence-electron chi connectivity index (χ0n) is 10.8. The van der Waals surface area contributed by atoms with Gasteiger partial charge in [-0.05, 0) is 30.3 Å². The maximum Gasteiger partial charge on any atom is 0.161 e. The monoisotopic (exact) mass is 275 g/mol. The molecule has 2 aromatic rings. The van der Waals surface area contributed by atoms with E-state index < -0.39 is 0 Å². The highest BCUT2D eigenvalue weighted by Gasteiger charge is 2.02. The summed E-state index contributed by atoms with van der Waals surface area (Å²) in [6.07, 6.45) is 0. The second-order valence-corrected chi connectivity index (χ2v) is 5.09. The molecule has 2 aromatic carbocycles. The van der Waals surface area contributed by atoms with Crippen LogP contribution in [0.4, 0.5) is 5.69 Å². The fourth-order valence-corrected chi connectivity index (χ4v) is 2.45. The van der Waals surface area contributed by atoms with Crippen LogP contribution in [0.3, 0.4) is 0 Å². The van der Waals surface area contributed by atoms with Crippen molar-refractivity contribution in [1.29, 1.82) is 0 Å². The number of para-hydroxylation sites is 2. The first-order valence-electron chi connectivity index (χ1n) is 6.04. The van der Waals surface area contributed by atoms with Gasteiger partial charge in [0.05, 0.1) is 13.7 Å². The van der Waals surface area contributed by atoms with E-state index in [0.29, 0.717) is 6.61 Å². The van der Waals surface area contributed by atoms with Crippen molar-refractivity contribution >= 4 is 17.4 Å². The first-order valence-corrected chi connectivity index (χ1v) is 7.02. The summed E-state index contributed by atoms with van der Waals surface area (Å²) < 4.78 is 10.9. The van der Waals surface area contributed by atoms with Crippen LogP contribution in [0, 0.1) is 0 Å². The zero-order chi connectivity index (χ0) is 13.5. The standard InChI is InChI=1S/C15H17NO2S/c1-17-14-7-2-3-8-15(14)18-9-10-19-13-6-4-5-12(16)11-13/h2-8,11H,9-10,16H2,1H3. The van der Waals surface area contributed by atoms with Crippen molar-refractivity contribution in [2.24, 2.45) is 0 Å². The molecule has 19 heavy (non-hydrogen) atoms. The molecule has 0 amide bonds. The molecule has 100 valence electrons. The molecule has 0 spiro atoms. The van der Waals surface area contributed by atoms with E-state index in [-0.39, 0.29) is 0 Å². The minimum atomic E-state index is 0.625. The minimum absolute atomic E-state index is 0.625. The lowest BCUT2D eigenvalue weighted by atomic mass is 10.3. The maximum atomic E-state index is 5.73. The Kier molecular flexibility index (Phi) is 4.98. The molecule has 0 bridgehead atoms. The summed E-state index contributed by atoms with van der Waals surface area (Å²) in [5, 5.41) is 0. The van der Waals surface area contributed by atoms with Crippen LogP contribution in [0.25, 0.3) is 0 Å². The fraction of sp³-hybridized carbons (Fsp3) is 0.200. The molecule has 3 nitrogen and oxygen atoms in total. The molecule has 0 aliphatic carbocycles. The van der Waals surface area contributed by atoms with Crippen LogP contribution < -0.4 is 15.2 Å². The molecule has 0 saturated carbocycles. The number of nitrogen functional groups attached to an aromatic ring is 1. The van der Waals surface area contributed by atoms with E-state index in [4.69, 9.17) is 15.2 Å². The molecule has 0 radical (unpaired) electrons. The van der Waals surface area contributed by atoms with Gasteiger partial charge in [-0.3, -0.25) is 0 Å². The molecule has 0 fully saturated rings. The number of methoxy groups -OCH3 is 1. The van der Waals surface area contributed by atoms with Crippen molar-refractivity contribution in [3.05, 3.63) is 48.5 Å². The number of nitrogens with two attached hydrogens (primary N) is 1. The molecule has 0 unspecified atom stereocenters. The van der Waals surface area contributed by atoms with Crippen LogP contribution in [0.1, 0.15) is 0 Å². The van der Waals surface area contributed by atoms with Crippen LogP contribution in [0.5, 0.6) is 11.5 Å². The smallest absolute Gasteiger partial charge is 0.161 e. The van der Waals surface area contributed by atoms with Crippen molar-refractivity contribution in [3.8, 4) is 11.5 Å². The Morgan fingerprint density at radius 3 is 2.58 bits per heavy atom. The van der Waals surface area contributed by atoms with Gasteiger partial charge in [-0.1, -0.05) is 18.2 Å². The molecule has 0 saturated heterocycles. The molecule has 4 heteroatoms. The average molecular weight is 275 g/mol. The number of anilines is 1. The van der Waals surface area contributed by atoms with E-state index >= 15 is 0 Å². The van der Waals surface area contributed by atoms with Crippen LogP contribution in [-0.4, -0.2) is 19.5 Å². The minimum Gasteiger partial charge on any atom is -0.493 e. The topological polar surface area (TPSA) is 44.5 Å². The number of rotatable bonds is 6. The lowest BCUT2D eigenvalue weighted by molar-refractivity contribution is 0.313. The van der Waals surface area contributed by atoms with Crippen molar-refractivity contribution in [2.75, 3.05) is 25.2 Å². The summed E-state index contributed by atoms with van der Waals surface area (Å²) in [5.41, 5.74) is 6.52. The van der Waals surface area contributed by atoms with Crippen molar-refractivity contribution in [2.45, 2.75) is 4.90 Å². The third-order valence-electron chi connectivity index (χ3n) is 2.54. The van der Waals surface area contributed by atoms with Crippen LogP contribution >= 0.6 is 11.8 Å². The number of ether oxygens (including phenoxy) is 2. The molecule has 2 N–H and O–H groups in total. The Hall–Kier alpha value is -1.81. The van der Waals surface area contributed by atoms with Gasteiger partial charge >= 0.3 is 0 Å². The number of thioether (sulfide) groups is 1. The van der Waals surface area contributed by atoms with E-state index in [2.05, 4.69) is 0 Å². The predicted molar refractivity (Wildman–Crippen MR) is 80.1 cm³/mol. The number of hydrogen-bond donors (Lipinski definition) is 1. The average Bonchev–Trinajstić information content (AvgIpc) is 2.44. The second kappa shape index (κ2) is 6.95. The van der Waals surface area contributed by atoms with Crippen molar-refractivity contribution < 1.29 is 9.47 Å². The summed E-state index contributed by atoms with van der Waals surface area (Å²) in [6, 6.07) is 15.5. The Morgan fingerprint density at radius 1 is 1.05 bits per heavy atom. The summed E-state index contributed by atoms with van der Waals surface area (Å²) in [4.78, 5) is 1.16. The Balaban J connectivity index is 1.81. The van der Waals surface area contributed by atoms with E-state index in [1.807, 2.05) is 48.5 Å². The van der Waals surface area contributed by atoms with Gasteiger partial charge in [0.2, 0.25) is 0 Å². The first kappa shape index (κ1) is 13.6. The van der Waals surface area contributed by atoms with Crippen LogP contribution in [-0.2, 0) is 0 Å². The molecule has 0 aliphatic heterocycles. The normalized spacial score (nSPS) is 10.2. The van der Waals surface area contributed by atoms with Gasteiger partial charge in [-0.25, -0.2) is 0 Å². The molecule has 0 aliphatic rings. The second-order valence-electron chi connectivity index (χ2n) is 3.92. The quantitative estimate of drug-likeness (QED) is 0.498. The molecular formula is C15H17NO2S. The third kappa shape index (κ3) is 4.10. The van der Waals surface area contributed by atoms with Crippen LogP contribution in [0.15, 0.2) is 53.4 Å². The van der Waals surface area contributed by atoms with Gasteiger partial charge in [0, 0.05) is 16.3 Å². The Labute approximate surface area is 117 Å². The van der Waals surface area contributed by atoms with Gasteiger partial charge < -0.3 is 15.2 Å². The highest BCUT2D eigenvalue weighted by atomic mass is 32.2. The number of hydrogen-bond acceptors (Lipinski definition) is 4. The molecular weight excluding hydrogens is 258 g/mol. The van der Waals surface area contributed by atoms with E-state index in [1.165, 1.54) is 0 Å². The summed E-state index contributed by atoms with van der Waals surface area (Å²) in [5.74, 6) is 2.40.